The molecule has 0 fully saturated rings. The van der Waals surface area contributed by atoms with E-state index in [1.165, 1.54) is 6.08 Å². The van der Waals surface area contributed by atoms with Crippen LogP contribution in [0.4, 0.5) is 5.69 Å². The number of amides is 1. The third-order valence-electron chi connectivity index (χ3n) is 3.94. The molecule has 1 N–H and O–H groups in total. The average Bonchev–Trinajstić information content (AvgIpc) is 3.22. The molecule has 1 heterocycles. The zero-order chi connectivity index (χ0) is 19.6. The van der Waals surface area contributed by atoms with Crippen molar-refractivity contribution in [3.8, 4) is 11.5 Å². The summed E-state index contributed by atoms with van der Waals surface area (Å²) in [6.07, 6.45) is 8.57. The first kappa shape index (κ1) is 19.2. The number of para-hydroxylation sites is 3. The van der Waals surface area contributed by atoms with Gasteiger partial charge in [0.05, 0.1) is 25.2 Å². The molecule has 2 aromatic carbocycles. The summed E-state index contributed by atoms with van der Waals surface area (Å²) in [6, 6.07) is 15.0. The fraction of sp³-hybridized carbons (Fsp3) is 0.182. The summed E-state index contributed by atoms with van der Waals surface area (Å²) in [5.41, 5.74) is 1.48. The lowest BCUT2D eigenvalue weighted by molar-refractivity contribution is -0.111. The second kappa shape index (κ2) is 9.97. The number of benzene rings is 2. The number of anilines is 1. The normalized spacial score (nSPS) is 10.8. The van der Waals surface area contributed by atoms with Gasteiger partial charge in [-0.3, -0.25) is 4.79 Å². The van der Waals surface area contributed by atoms with E-state index in [0.29, 0.717) is 31.2 Å². The van der Waals surface area contributed by atoms with Crippen LogP contribution >= 0.6 is 0 Å². The van der Waals surface area contributed by atoms with Gasteiger partial charge >= 0.3 is 0 Å². The van der Waals surface area contributed by atoms with Gasteiger partial charge in [-0.15, -0.1) is 0 Å². The molecule has 1 amide bonds. The highest BCUT2D eigenvalue weighted by Crippen LogP contribution is 2.24. The van der Waals surface area contributed by atoms with E-state index < -0.39 is 0 Å². The number of nitrogens with zero attached hydrogens (tertiary/aromatic N) is 2. The minimum absolute atomic E-state index is 0.239. The Morgan fingerprint density at radius 1 is 1.11 bits per heavy atom. The summed E-state index contributed by atoms with van der Waals surface area (Å²) >= 11 is 0. The van der Waals surface area contributed by atoms with Gasteiger partial charge in [0.2, 0.25) is 5.91 Å². The van der Waals surface area contributed by atoms with Gasteiger partial charge in [-0.25, -0.2) is 4.98 Å². The Bertz CT molecular complexity index is 920. The molecule has 0 atom stereocenters. The first-order valence-corrected chi connectivity index (χ1v) is 9.14. The molecular weight excluding hydrogens is 354 g/mol. The maximum Gasteiger partial charge on any atom is 0.248 e. The van der Waals surface area contributed by atoms with E-state index in [1.807, 2.05) is 66.2 Å². The molecule has 144 valence electrons. The Kier molecular flexibility index (Phi) is 6.84. The van der Waals surface area contributed by atoms with E-state index in [-0.39, 0.29) is 5.91 Å². The van der Waals surface area contributed by atoms with Crippen molar-refractivity contribution in [2.24, 2.45) is 0 Å². The zero-order valence-corrected chi connectivity index (χ0v) is 15.7. The predicted octanol–water partition coefficient (Wildman–Crippen LogP) is 4.01. The van der Waals surface area contributed by atoms with Gasteiger partial charge in [0, 0.05) is 24.0 Å². The SMILES string of the molecule is CCOc1ccccc1/C=C/C(=O)Nc1ccccc1OCCn1ccnc1. The smallest absolute Gasteiger partial charge is 0.248 e. The molecule has 3 rings (SSSR count). The van der Waals surface area contributed by atoms with Crippen LogP contribution in [0.1, 0.15) is 12.5 Å². The number of imidazole rings is 1. The topological polar surface area (TPSA) is 65.4 Å². The highest BCUT2D eigenvalue weighted by atomic mass is 16.5. The Labute approximate surface area is 164 Å². The summed E-state index contributed by atoms with van der Waals surface area (Å²) in [6.45, 7) is 3.65. The molecule has 3 aromatic rings. The Morgan fingerprint density at radius 3 is 2.68 bits per heavy atom. The van der Waals surface area contributed by atoms with Crippen LogP contribution in [0, 0.1) is 0 Å². The molecule has 0 aliphatic carbocycles. The molecule has 0 spiro atoms. The Morgan fingerprint density at radius 2 is 1.89 bits per heavy atom. The van der Waals surface area contributed by atoms with Crippen molar-refractivity contribution in [3.63, 3.8) is 0 Å². The molecule has 0 saturated carbocycles. The van der Waals surface area contributed by atoms with Crippen LogP contribution in [-0.4, -0.2) is 28.7 Å². The van der Waals surface area contributed by atoms with Gasteiger partial charge in [0.15, 0.2) is 0 Å². The third-order valence-corrected chi connectivity index (χ3v) is 3.94. The number of rotatable bonds is 9. The predicted molar refractivity (Wildman–Crippen MR) is 109 cm³/mol. The molecule has 0 aliphatic rings. The fourth-order valence-corrected chi connectivity index (χ4v) is 2.62. The quantitative estimate of drug-likeness (QED) is 0.572. The Hall–Kier alpha value is -3.54. The first-order valence-electron chi connectivity index (χ1n) is 9.14. The lowest BCUT2D eigenvalue weighted by Gasteiger charge is -2.12. The molecule has 28 heavy (non-hydrogen) atoms. The number of nitrogens with one attached hydrogen (secondary N) is 1. The highest BCUT2D eigenvalue weighted by molar-refractivity contribution is 6.02. The molecular formula is C22H23N3O3. The van der Waals surface area contributed by atoms with Crippen LogP contribution in [0.2, 0.25) is 0 Å². The average molecular weight is 377 g/mol. The third kappa shape index (κ3) is 5.48. The maximum atomic E-state index is 12.4. The molecule has 1 aromatic heterocycles. The monoisotopic (exact) mass is 377 g/mol. The van der Waals surface area contributed by atoms with Crippen molar-refractivity contribution >= 4 is 17.7 Å². The van der Waals surface area contributed by atoms with Gasteiger partial charge < -0.3 is 19.4 Å². The highest BCUT2D eigenvalue weighted by Gasteiger charge is 2.06. The second-order valence-corrected chi connectivity index (χ2v) is 5.94. The molecule has 6 heteroatoms. The fourth-order valence-electron chi connectivity index (χ4n) is 2.62. The molecule has 0 aliphatic heterocycles. The number of hydrogen-bond donors (Lipinski definition) is 1. The summed E-state index contributed by atoms with van der Waals surface area (Å²) in [4.78, 5) is 16.4. The van der Waals surface area contributed by atoms with Crippen molar-refractivity contribution in [3.05, 3.63) is 78.9 Å². The molecule has 0 saturated heterocycles. The molecule has 0 unspecified atom stereocenters. The largest absolute Gasteiger partial charge is 0.493 e. The standard InChI is InChI=1S/C22H23N3O3/c1-2-27-20-9-5-3-7-18(20)11-12-22(26)24-19-8-4-6-10-21(19)28-16-15-25-14-13-23-17-25/h3-14,17H,2,15-16H2,1H3,(H,24,26)/b12-11+. The summed E-state index contributed by atoms with van der Waals surface area (Å²) in [7, 11) is 0. The molecule has 0 radical (unpaired) electrons. The van der Waals surface area contributed by atoms with Crippen LogP contribution in [0.15, 0.2) is 73.3 Å². The van der Waals surface area contributed by atoms with E-state index in [1.54, 1.807) is 18.6 Å². The van der Waals surface area contributed by atoms with Crippen molar-refractivity contribution in [1.82, 2.24) is 9.55 Å². The number of aromatic nitrogens is 2. The van der Waals surface area contributed by atoms with E-state index in [0.717, 1.165) is 11.3 Å². The zero-order valence-electron chi connectivity index (χ0n) is 15.7. The van der Waals surface area contributed by atoms with Crippen LogP contribution in [-0.2, 0) is 11.3 Å². The van der Waals surface area contributed by atoms with Crippen molar-refractivity contribution in [1.29, 1.82) is 0 Å². The second-order valence-electron chi connectivity index (χ2n) is 5.94. The summed E-state index contributed by atoms with van der Waals surface area (Å²) < 4.78 is 13.3. The van der Waals surface area contributed by atoms with E-state index in [2.05, 4.69) is 10.3 Å². The first-order chi connectivity index (χ1) is 13.8. The van der Waals surface area contributed by atoms with Crippen LogP contribution < -0.4 is 14.8 Å². The number of hydrogen-bond acceptors (Lipinski definition) is 4. The van der Waals surface area contributed by atoms with Crippen molar-refractivity contribution in [2.75, 3.05) is 18.5 Å². The van der Waals surface area contributed by atoms with Gasteiger partial charge in [0.1, 0.15) is 18.1 Å². The maximum absolute atomic E-state index is 12.4. The van der Waals surface area contributed by atoms with Crippen molar-refractivity contribution in [2.45, 2.75) is 13.5 Å². The Balaban J connectivity index is 1.61. The molecule has 0 bridgehead atoms. The number of ether oxygens (including phenoxy) is 2. The lowest BCUT2D eigenvalue weighted by atomic mass is 10.2. The van der Waals surface area contributed by atoms with E-state index >= 15 is 0 Å². The van der Waals surface area contributed by atoms with Gasteiger partial charge in [-0.2, -0.15) is 0 Å². The van der Waals surface area contributed by atoms with Gasteiger partial charge in [0.25, 0.3) is 0 Å². The van der Waals surface area contributed by atoms with Crippen molar-refractivity contribution < 1.29 is 14.3 Å². The summed E-state index contributed by atoms with van der Waals surface area (Å²) in [5, 5.41) is 2.87. The number of carbonyl (C=O) groups is 1. The van der Waals surface area contributed by atoms with E-state index in [9.17, 15) is 4.79 Å². The summed E-state index contributed by atoms with van der Waals surface area (Å²) in [5.74, 6) is 1.13. The van der Waals surface area contributed by atoms with Gasteiger partial charge in [-0.05, 0) is 31.2 Å². The molecule has 6 nitrogen and oxygen atoms in total. The number of carbonyl (C=O) groups excluding carboxylic acids is 1. The van der Waals surface area contributed by atoms with Gasteiger partial charge in [-0.1, -0.05) is 30.3 Å². The van der Waals surface area contributed by atoms with E-state index in [4.69, 9.17) is 9.47 Å². The minimum Gasteiger partial charge on any atom is -0.493 e. The lowest BCUT2D eigenvalue weighted by Crippen LogP contribution is -2.11. The van der Waals surface area contributed by atoms with Crippen LogP contribution in [0.5, 0.6) is 11.5 Å². The minimum atomic E-state index is -0.239. The van der Waals surface area contributed by atoms with Crippen LogP contribution in [0.25, 0.3) is 6.08 Å². The van der Waals surface area contributed by atoms with Crippen LogP contribution in [0.3, 0.4) is 0 Å².